The number of H-pyrrole nitrogens is 1. The van der Waals surface area contributed by atoms with Crippen molar-refractivity contribution in [3.05, 3.63) is 36.0 Å². The minimum atomic E-state index is -0.722. The van der Waals surface area contributed by atoms with Gasteiger partial charge in [-0.15, -0.1) is 0 Å². The van der Waals surface area contributed by atoms with E-state index in [0.29, 0.717) is 12.6 Å². The Morgan fingerprint density at radius 2 is 1.88 bits per heavy atom. The zero-order valence-electron chi connectivity index (χ0n) is 20.7. The van der Waals surface area contributed by atoms with E-state index in [0.717, 1.165) is 64.7 Å². The molecule has 0 radical (unpaired) electrons. The fourth-order valence-corrected chi connectivity index (χ4v) is 6.56. The van der Waals surface area contributed by atoms with E-state index in [1.54, 1.807) is 0 Å². The van der Waals surface area contributed by atoms with Crippen molar-refractivity contribution >= 4 is 22.8 Å². The van der Waals surface area contributed by atoms with Crippen molar-refractivity contribution in [3.8, 4) is 0 Å². The Balaban J connectivity index is 1.22. The number of likely N-dealkylation sites (tertiary alicyclic amines) is 2. The molecule has 2 atom stereocenters. The van der Waals surface area contributed by atoms with Gasteiger partial charge in [0.2, 0.25) is 0 Å². The molecule has 0 saturated carbocycles. The quantitative estimate of drug-likeness (QED) is 0.579. The molecule has 7 heteroatoms. The van der Waals surface area contributed by atoms with Gasteiger partial charge < -0.3 is 15.2 Å². The maximum atomic E-state index is 13.7. The fraction of sp³-hybridized carbons (Fsp3) is 0.630. The number of imide groups is 1. The fourth-order valence-electron chi connectivity index (χ4n) is 6.56. The zero-order valence-corrected chi connectivity index (χ0v) is 20.7. The van der Waals surface area contributed by atoms with Crippen LogP contribution in [0.1, 0.15) is 57.6 Å². The van der Waals surface area contributed by atoms with Crippen LogP contribution in [-0.2, 0) is 11.3 Å². The Kier molecular flexibility index (Phi) is 6.67. The van der Waals surface area contributed by atoms with Crippen LogP contribution >= 0.6 is 0 Å². The summed E-state index contributed by atoms with van der Waals surface area (Å²) in [5.41, 5.74) is 1.69. The monoisotopic (exact) mass is 465 g/mol. The summed E-state index contributed by atoms with van der Waals surface area (Å²) in [4.78, 5) is 36.5. The van der Waals surface area contributed by atoms with Crippen LogP contribution in [0.4, 0.5) is 4.79 Å². The number of urea groups is 1. The lowest BCUT2D eigenvalue weighted by molar-refractivity contribution is -0.134. The number of hydrogen-bond donors (Lipinski definition) is 2. The minimum absolute atomic E-state index is 0.0223. The normalized spacial score (nSPS) is 27.2. The molecule has 7 nitrogen and oxygen atoms in total. The summed E-state index contributed by atoms with van der Waals surface area (Å²) in [6, 6.07) is 10.9. The van der Waals surface area contributed by atoms with E-state index in [-0.39, 0.29) is 17.9 Å². The van der Waals surface area contributed by atoms with Crippen LogP contribution in [0.25, 0.3) is 10.9 Å². The number of nitrogens with zero attached hydrogens (tertiary/aromatic N) is 3. The molecule has 3 aliphatic heterocycles. The van der Waals surface area contributed by atoms with Gasteiger partial charge in [-0.25, -0.2) is 4.79 Å². The molecule has 0 aliphatic carbocycles. The van der Waals surface area contributed by atoms with E-state index in [9.17, 15) is 9.59 Å². The Morgan fingerprint density at radius 1 is 1.09 bits per heavy atom. The van der Waals surface area contributed by atoms with Crippen molar-refractivity contribution in [2.24, 2.45) is 5.92 Å². The molecule has 0 spiro atoms. The highest BCUT2D eigenvalue weighted by Gasteiger charge is 2.55. The van der Waals surface area contributed by atoms with Crippen LogP contribution in [0.5, 0.6) is 0 Å². The largest absolute Gasteiger partial charge is 0.357 e. The molecule has 4 heterocycles. The van der Waals surface area contributed by atoms with E-state index < -0.39 is 5.54 Å². The maximum Gasteiger partial charge on any atom is 0.325 e. The first kappa shape index (κ1) is 23.4. The van der Waals surface area contributed by atoms with Gasteiger partial charge in [0.05, 0.1) is 0 Å². The number of para-hydroxylation sites is 1. The third kappa shape index (κ3) is 4.36. The van der Waals surface area contributed by atoms with E-state index in [2.05, 4.69) is 64.4 Å². The third-order valence-electron chi connectivity index (χ3n) is 8.47. The first-order chi connectivity index (χ1) is 16.5. The zero-order chi connectivity index (χ0) is 23.7. The number of carbonyl (C=O) groups excluding carboxylic acids is 2. The standard InChI is InChI=1S/C27H39N5O2/c1-3-13-27(25(33)32(26(34)29-27)17-12-23-8-6-14-30(23)2)21-10-15-31(16-11-21)19-22-18-20-7-4-5-9-24(20)28-22/h4-5,7,9,18,21,23,28H,3,6,8,10-17,19H2,1-2H3,(H,29,34)/t23-,27+/m1/s1. The summed E-state index contributed by atoms with van der Waals surface area (Å²) in [5, 5.41) is 4.45. The Labute approximate surface area is 202 Å². The van der Waals surface area contributed by atoms with Gasteiger partial charge in [-0.2, -0.15) is 0 Å². The third-order valence-corrected chi connectivity index (χ3v) is 8.47. The average molecular weight is 466 g/mol. The van der Waals surface area contributed by atoms with Gasteiger partial charge in [-0.1, -0.05) is 31.5 Å². The van der Waals surface area contributed by atoms with Crippen LogP contribution in [0.3, 0.4) is 0 Å². The number of amides is 3. The second-order valence-corrected chi connectivity index (χ2v) is 10.6. The molecule has 3 amide bonds. The molecular formula is C27H39N5O2. The van der Waals surface area contributed by atoms with E-state index in [4.69, 9.17) is 0 Å². The Hall–Kier alpha value is -2.38. The van der Waals surface area contributed by atoms with E-state index in [1.807, 2.05) is 0 Å². The SMILES string of the molecule is CCC[C@@]1(C2CCN(Cc3cc4ccccc4[nH]3)CC2)NC(=O)N(CC[C@H]2CCCN2C)C1=O. The molecule has 2 aromatic rings. The molecule has 34 heavy (non-hydrogen) atoms. The number of piperidine rings is 1. The van der Waals surface area contributed by atoms with Crippen LogP contribution < -0.4 is 5.32 Å². The molecule has 0 bridgehead atoms. The van der Waals surface area contributed by atoms with Gasteiger partial charge >= 0.3 is 6.03 Å². The van der Waals surface area contributed by atoms with Crippen molar-refractivity contribution in [1.29, 1.82) is 0 Å². The lowest BCUT2D eigenvalue weighted by Gasteiger charge is -2.41. The number of hydrogen-bond acceptors (Lipinski definition) is 4. The van der Waals surface area contributed by atoms with Crippen molar-refractivity contribution in [3.63, 3.8) is 0 Å². The van der Waals surface area contributed by atoms with Crippen LogP contribution in [0.15, 0.2) is 30.3 Å². The van der Waals surface area contributed by atoms with Crippen molar-refractivity contribution in [1.82, 2.24) is 25.0 Å². The minimum Gasteiger partial charge on any atom is -0.357 e. The molecule has 1 aromatic heterocycles. The van der Waals surface area contributed by atoms with Gasteiger partial charge in [0.25, 0.3) is 5.91 Å². The molecule has 3 saturated heterocycles. The van der Waals surface area contributed by atoms with E-state index in [1.165, 1.54) is 27.9 Å². The van der Waals surface area contributed by atoms with Crippen molar-refractivity contribution < 1.29 is 9.59 Å². The number of nitrogens with one attached hydrogen (secondary N) is 2. The van der Waals surface area contributed by atoms with Gasteiger partial charge in [0, 0.05) is 30.3 Å². The smallest absolute Gasteiger partial charge is 0.325 e. The van der Waals surface area contributed by atoms with Gasteiger partial charge in [0.15, 0.2) is 0 Å². The Morgan fingerprint density at radius 3 is 2.59 bits per heavy atom. The number of aromatic amines is 1. The van der Waals surface area contributed by atoms with Crippen molar-refractivity contribution in [2.45, 2.75) is 70.0 Å². The average Bonchev–Trinajstić information content (AvgIpc) is 3.50. The highest BCUT2D eigenvalue weighted by molar-refractivity contribution is 6.07. The highest BCUT2D eigenvalue weighted by atomic mass is 16.2. The summed E-state index contributed by atoms with van der Waals surface area (Å²) in [6.45, 7) is 6.54. The van der Waals surface area contributed by atoms with Crippen LogP contribution in [0.2, 0.25) is 0 Å². The van der Waals surface area contributed by atoms with Gasteiger partial charge in [-0.3, -0.25) is 14.6 Å². The number of aromatic nitrogens is 1. The van der Waals surface area contributed by atoms with E-state index >= 15 is 0 Å². The lowest BCUT2D eigenvalue weighted by Crippen LogP contribution is -2.56. The first-order valence-electron chi connectivity index (χ1n) is 13.1. The predicted molar refractivity (Wildman–Crippen MR) is 134 cm³/mol. The molecule has 1 aromatic carbocycles. The molecule has 5 rings (SSSR count). The summed E-state index contributed by atoms with van der Waals surface area (Å²) in [7, 11) is 2.15. The van der Waals surface area contributed by atoms with Crippen LogP contribution in [0, 0.1) is 5.92 Å². The maximum absolute atomic E-state index is 13.7. The predicted octanol–water partition coefficient (Wildman–Crippen LogP) is 3.95. The number of carbonyl (C=O) groups is 2. The number of benzene rings is 1. The highest BCUT2D eigenvalue weighted by Crippen LogP contribution is 2.37. The molecule has 0 unspecified atom stereocenters. The second-order valence-electron chi connectivity index (χ2n) is 10.6. The number of rotatable bonds is 8. The van der Waals surface area contributed by atoms with Crippen molar-refractivity contribution in [2.75, 3.05) is 33.2 Å². The number of fused-ring (bicyclic) bond motifs is 1. The second kappa shape index (κ2) is 9.70. The van der Waals surface area contributed by atoms with Gasteiger partial charge in [0.1, 0.15) is 5.54 Å². The Bertz CT molecular complexity index is 994. The molecule has 3 fully saturated rings. The first-order valence-corrected chi connectivity index (χ1v) is 13.1. The molecule has 3 aliphatic rings. The topological polar surface area (TPSA) is 71.7 Å². The molecule has 2 N–H and O–H groups in total. The lowest BCUT2D eigenvalue weighted by atomic mass is 9.74. The van der Waals surface area contributed by atoms with Crippen LogP contribution in [-0.4, -0.2) is 76.4 Å². The molecule has 184 valence electrons. The summed E-state index contributed by atoms with van der Waals surface area (Å²) in [6.07, 6.45) is 6.73. The summed E-state index contributed by atoms with van der Waals surface area (Å²) in [5.74, 6) is 0.219. The van der Waals surface area contributed by atoms with Gasteiger partial charge in [-0.05, 0) is 88.6 Å². The molecular weight excluding hydrogens is 426 g/mol. The summed E-state index contributed by atoms with van der Waals surface area (Å²) >= 11 is 0. The summed E-state index contributed by atoms with van der Waals surface area (Å²) < 4.78 is 0.